The molecule has 1 atom stereocenters. The van der Waals surface area contributed by atoms with E-state index in [1.165, 1.54) is 18.3 Å². The first kappa shape index (κ1) is 27.7. The number of furan rings is 1. The first-order valence-electron chi connectivity index (χ1n) is 12.8. The van der Waals surface area contributed by atoms with Crippen LogP contribution in [0.3, 0.4) is 0 Å². The molecule has 1 aliphatic heterocycles. The van der Waals surface area contributed by atoms with Crippen LogP contribution in [0.4, 0.5) is 5.69 Å². The highest BCUT2D eigenvalue weighted by molar-refractivity contribution is 5.94. The van der Waals surface area contributed by atoms with Crippen LogP contribution in [-0.2, 0) is 9.53 Å². The highest BCUT2D eigenvalue weighted by Crippen LogP contribution is 2.24. The topological polar surface area (TPSA) is 139 Å². The second-order valence-corrected chi connectivity index (χ2v) is 9.02. The normalized spacial score (nSPS) is 14.7. The molecule has 0 bridgehead atoms. The standard InChI is InChI=1S/C28H31N5O6/c34-27(22-6-2-1-3-7-22)29-15-5-4-8-25(32-16-18-38-19-17-32)28(35)31-30-20-24-13-14-26(39-24)21-9-11-23(12-10-21)33(36)37/h1-3,6-7,9-14,20,25H,4-5,8,15-19H2,(H,29,34)(H,31,35)/b30-20+. The molecule has 2 aromatic carbocycles. The van der Waals surface area contributed by atoms with Crippen LogP contribution in [0, 0.1) is 10.1 Å². The molecule has 1 unspecified atom stereocenters. The molecule has 2 heterocycles. The fraction of sp³-hybridized carbons (Fsp3) is 0.321. The van der Waals surface area contributed by atoms with Gasteiger partial charge in [-0.05, 0) is 55.7 Å². The number of amides is 2. The summed E-state index contributed by atoms with van der Waals surface area (Å²) in [5, 5.41) is 17.8. The molecule has 2 N–H and O–H groups in total. The van der Waals surface area contributed by atoms with Gasteiger partial charge in [0, 0.05) is 42.9 Å². The van der Waals surface area contributed by atoms with Gasteiger partial charge in [0.05, 0.1) is 30.4 Å². The van der Waals surface area contributed by atoms with Crippen molar-refractivity contribution in [3.05, 3.63) is 88.2 Å². The number of non-ortho nitro benzene ring substituents is 1. The number of nitro groups is 1. The summed E-state index contributed by atoms with van der Waals surface area (Å²) in [6.07, 6.45) is 3.54. The molecule has 1 saturated heterocycles. The number of hydrogen-bond donors (Lipinski definition) is 2. The van der Waals surface area contributed by atoms with Crippen molar-refractivity contribution in [3.8, 4) is 11.3 Å². The van der Waals surface area contributed by atoms with Gasteiger partial charge in [-0.1, -0.05) is 18.2 Å². The zero-order valence-corrected chi connectivity index (χ0v) is 21.5. The maximum atomic E-state index is 13.0. The molecule has 2 amide bonds. The summed E-state index contributed by atoms with van der Waals surface area (Å²) >= 11 is 0. The summed E-state index contributed by atoms with van der Waals surface area (Å²) in [4.78, 5) is 37.7. The van der Waals surface area contributed by atoms with Gasteiger partial charge in [0.1, 0.15) is 11.5 Å². The fourth-order valence-electron chi connectivity index (χ4n) is 4.28. The molecule has 0 saturated carbocycles. The van der Waals surface area contributed by atoms with Crippen LogP contribution in [0.25, 0.3) is 11.3 Å². The Kier molecular flexibility index (Phi) is 9.92. The van der Waals surface area contributed by atoms with Gasteiger partial charge >= 0.3 is 0 Å². The first-order chi connectivity index (χ1) is 19.0. The van der Waals surface area contributed by atoms with E-state index in [0.717, 1.165) is 12.8 Å². The number of carbonyl (C=O) groups excluding carboxylic acids is 2. The highest BCUT2D eigenvalue weighted by atomic mass is 16.6. The van der Waals surface area contributed by atoms with E-state index in [9.17, 15) is 19.7 Å². The fourth-order valence-corrected chi connectivity index (χ4v) is 4.28. The average Bonchev–Trinajstić information content (AvgIpc) is 3.44. The third-order valence-electron chi connectivity index (χ3n) is 6.37. The lowest BCUT2D eigenvalue weighted by Crippen LogP contribution is -2.50. The van der Waals surface area contributed by atoms with Crippen molar-refractivity contribution in [2.75, 3.05) is 32.8 Å². The molecule has 39 heavy (non-hydrogen) atoms. The third kappa shape index (κ3) is 8.06. The second kappa shape index (κ2) is 14.0. The van der Waals surface area contributed by atoms with Gasteiger partial charge in [-0.3, -0.25) is 24.6 Å². The van der Waals surface area contributed by atoms with E-state index in [2.05, 4.69) is 20.7 Å². The molecule has 1 fully saturated rings. The van der Waals surface area contributed by atoms with Crippen LogP contribution in [0.5, 0.6) is 0 Å². The lowest BCUT2D eigenvalue weighted by atomic mass is 10.1. The Labute approximate surface area is 226 Å². The predicted octanol–water partition coefficient (Wildman–Crippen LogP) is 3.61. The number of hydrogen-bond acceptors (Lipinski definition) is 8. The minimum atomic E-state index is -0.458. The summed E-state index contributed by atoms with van der Waals surface area (Å²) < 4.78 is 11.2. The van der Waals surface area contributed by atoms with Gasteiger partial charge in [-0.2, -0.15) is 5.10 Å². The monoisotopic (exact) mass is 533 g/mol. The molecule has 11 nitrogen and oxygen atoms in total. The summed E-state index contributed by atoms with van der Waals surface area (Å²) in [5.74, 6) is 0.634. The molecule has 3 aromatic rings. The smallest absolute Gasteiger partial charge is 0.269 e. The van der Waals surface area contributed by atoms with Crippen LogP contribution < -0.4 is 10.7 Å². The number of nitro benzene ring substituents is 1. The molecule has 0 aliphatic carbocycles. The number of nitrogens with zero attached hydrogens (tertiary/aromatic N) is 3. The van der Waals surface area contributed by atoms with Crippen molar-refractivity contribution in [1.82, 2.24) is 15.6 Å². The quantitative estimate of drug-likeness (QED) is 0.157. The van der Waals surface area contributed by atoms with Crippen LogP contribution in [-0.4, -0.2) is 66.7 Å². The van der Waals surface area contributed by atoms with Gasteiger partial charge < -0.3 is 14.5 Å². The number of ether oxygens (including phenoxy) is 1. The number of carbonyl (C=O) groups is 2. The molecular weight excluding hydrogens is 502 g/mol. The van der Waals surface area contributed by atoms with Crippen LogP contribution in [0.15, 0.2) is 76.2 Å². The van der Waals surface area contributed by atoms with E-state index in [4.69, 9.17) is 9.15 Å². The van der Waals surface area contributed by atoms with Crippen molar-refractivity contribution < 1.29 is 23.7 Å². The largest absolute Gasteiger partial charge is 0.455 e. The van der Waals surface area contributed by atoms with Gasteiger partial charge in [0.2, 0.25) is 0 Å². The highest BCUT2D eigenvalue weighted by Gasteiger charge is 2.27. The zero-order valence-electron chi connectivity index (χ0n) is 21.5. The van der Waals surface area contributed by atoms with Gasteiger partial charge in [-0.25, -0.2) is 5.43 Å². The summed E-state index contributed by atoms with van der Waals surface area (Å²) in [5.41, 5.74) is 3.94. The summed E-state index contributed by atoms with van der Waals surface area (Å²) in [7, 11) is 0. The predicted molar refractivity (Wildman–Crippen MR) is 145 cm³/mol. The summed E-state index contributed by atoms with van der Waals surface area (Å²) in [6.45, 7) is 2.97. The number of benzene rings is 2. The minimum absolute atomic E-state index is 0.00145. The Hall–Kier alpha value is -4.35. The lowest BCUT2D eigenvalue weighted by Gasteiger charge is -2.33. The Bertz CT molecular complexity index is 1270. The average molecular weight is 534 g/mol. The van der Waals surface area contributed by atoms with E-state index >= 15 is 0 Å². The van der Waals surface area contributed by atoms with E-state index in [0.29, 0.717) is 61.9 Å². The van der Waals surface area contributed by atoms with Crippen LogP contribution in [0.2, 0.25) is 0 Å². The van der Waals surface area contributed by atoms with E-state index < -0.39 is 4.92 Å². The number of unbranched alkanes of at least 4 members (excludes halogenated alkanes) is 1. The SMILES string of the molecule is O=C(NCCCCC(C(=O)N/N=C/c1ccc(-c2ccc([N+](=O)[O-])cc2)o1)N1CCOCC1)c1ccccc1. The Morgan fingerprint density at radius 3 is 2.49 bits per heavy atom. The molecule has 204 valence electrons. The molecule has 1 aromatic heterocycles. The maximum Gasteiger partial charge on any atom is 0.269 e. The summed E-state index contributed by atoms with van der Waals surface area (Å²) in [6, 6.07) is 18.2. The molecule has 4 rings (SSSR count). The molecule has 0 radical (unpaired) electrons. The van der Waals surface area contributed by atoms with Gasteiger partial charge in [-0.15, -0.1) is 0 Å². The van der Waals surface area contributed by atoms with Crippen molar-refractivity contribution in [2.24, 2.45) is 5.10 Å². The Morgan fingerprint density at radius 1 is 1.03 bits per heavy atom. The van der Waals surface area contributed by atoms with Crippen molar-refractivity contribution in [3.63, 3.8) is 0 Å². The second-order valence-electron chi connectivity index (χ2n) is 9.02. The van der Waals surface area contributed by atoms with E-state index in [1.54, 1.807) is 36.4 Å². The third-order valence-corrected chi connectivity index (χ3v) is 6.37. The minimum Gasteiger partial charge on any atom is -0.455 e. The van der Waals surface area contributed by atoms with Crippen LogP contribution in [0.1, 0.15) is 35.4 Å². The Balaban J connectivity index is 1.28. The number of nitrogens with one attached hydrogen (secondary N) is 2. The molecule has 1 aliphatic rings. The maximum absolute atomic E-state index is 13.0. The van der Waals surface area contributed by atoms with Crippen LogP contribution >= 0.6 is 0 Å². The zero-order chi connectivity index (χ0) is 27.5. The van der Waals surface area contributed by atoms with Crippen molar-refractivity contribution >= 4 is 23.7 Å². The molecular formula is C28H31N5O6. The number of hydrazone groups is 1. The first-order valence-corrected chi connectivity index (χ1v) is 12.8. The molecule has 11 heteroatoms. The van der Waals surface area contributed by atoms with E-state index in [1.807, 2.05) is 18.2 Å². The van der Waals surface area contributed by atoms with Gasteiger partial charge in [0.25, 0.3) is 17.5 Å². The van der Waals surface area contributed by atoms with E-state index in [-0.39, 0.29) is 23.5 Å². The van der Waals surface area contributed by atoms with Gasteiger partial charge in [0.15, 0.2) is 0 Å². The van der Waals surface area contributed by atoms with Crippen molar-refractivity contribution in [2.45, 2.75) is 25.3 Å². The van der Waals surface area contributed by atoms with Crippen molar-refractivity contribution in [1.29, 1.82) is 0 Å². The number of rotatable bonds is 12. The number of morpholine rings is 1. The molecule has 0 spiro atoms. The Morgan fingerprint density at radius 2 is 1.77 bits per heavy atom. The lowest BCUT2D eigenvalue weighted by molar-refractivity contribution is -0.384.